The molecule has 0 spiro atoms. The lowest BCUT2D eigenvalue weighted by atomic mass is 10.3. The zero-order chi connectivity index (χ0) is 20.1. The van der Waals surface area contributed by atoms with Crippen LogP contribution in [0.25, 0.3) is 0 Å². The van der Waals surface area contributed by atoms with Crippen molar-refractivity contribution in [2.45, 2.75) is 20.1 Å². The number of rotatable bonds is 7. The number of ether oxygens (including phenoxy) is 2. The fourth-order valence-electron chi connectivity index (χ4n) is 2.37. The van der Waals surface area contributed by atoms with Crippen molar-refractivity contribution in [3.05, 3.63) is 65.6 Å². The number of amides is 1. The predicted molar refractivity (Wildman–Crippen MR) is 96.6 cm³/mol. The van der Waals surface area contributed by atoms with Crippen LogP contribution in [-0.4, -0.2) is 28.8 Å². The Bertz CT molecular complexity index is 978. The number of nitrogens with zero attached hydrogens (tertiary/aromatic N) is 2. The van der Waals surface area contributed by atoms with E-state index >= 15 is 0 Å². The lowest BCUT2D eigenvalue weighted by Crippen LogP contribution is -2.14. The van der Waals surface area contributed by atoms with Crippen molar-refractivity contribution in [2.75, 3.05) is 12.4 Å². The zero-order valence-electron chi connectivity index (χ0n) is 15.3. The predicted octanol–water partition coefficient (Wildman–Crippen LogP) is 3.25. The minimum absolute atomic E-state index is 0.00382. The number of aryl methyl sites for hydroxylation is 1. The van der Waals surface area contributed by atoms with Crippen molar-refractivity contribution in [2.24, 2.45) is 0 Å². The van der Waals surface area contributed by atoms with Crippen LogP contribution >= 0.6 is 0 Å². The fraction of sp³-hybridized carbons (Fsp3) is 0.211. The summed E-state index contributed by atoms with van der Waals surface area (Å²) in [6.45, 7) is 2.44. The van der Waals surface area contributed by atoms with Gasteiger partial charge in [0.1, 0.15) is 23.9 Å². The van der Waals surface area contributed by atoms with Crippen LogP contribution in [0.4, 0.5) is 10.1 Å². The topological polar surface area (TPSA) is 95.6 Å². The number of esters is 1. The third-order valence-corrected chi connectivity index (χ3v) is 3.79. The van der Waals surface area contributed by atoms with E-state index in [4.69, 9.17) is 9.15 Å². The number of methoxy groups -OCH3 is 1. The molecule has 28 heavy (non-hydrogen) atoms. The third kappa shape index (κ3) is 4.37. The minimum Gasteiger partial charge on any atom is -0.486 e. The maximum atomic E-state index is 12.9. The average Bonchev–Trinajstić information content (AvgIpc) is 3.34. The normalized spacial score (nSPS) is 10.5. The monoisotopic (exact) mass is 387 g/mol. The largest absolute Gasteiger partial charge is 0.486 e. The van der Waals surface area contributed by atoms with Gasteiger partial charge in [-0.2, -0.15) is 5.10 Å². The molecule has 0 aliphatic carbocycles. The van der Waals surface area contributed by atoms with Crippen molar-refractivity contribution in [1.29, 1.82) is 0 Å². The molecule has 1 N–H and O–H groups in total. The Balaban J connectivity index is 1.66. The number of benzene rings is 1. The maximum absolute atomic E-state index is 12.9. The quantitative estimate of drug-likeness (QED) is 0.625. The van der Waals surface area contributed by atoms with E-state index in [9.17, 15) is 14.0 Å². The Hall–Kier alpha value is -3.62. The van der Waals surface area contributed by atoms with E-state index in [0.717, 1.165) is 0 Å². The van der Waals surface area contributed by atoms with Gasteiger partial charge in [0, 0.05) is 12.7 Å². The van der Waals surface area contributed by atoms with Crippen molar-refractivity contribution in [3.63, 3.8) is 0 Å². The highest BCUT2D eigenvalue weighted by molar-refractivity contribution is 6.05. The molecule has 0 radical (unpaired) electrons. The summed E-state index contributed by atoms with van der Waals surface area (Å²) in [5, 5.41) is 6.66. The van der Waals surface area contributed by atoms with Gasteiger partial charge in [-0.1, -0.05) is 0 Å². The molecular weight excluding hydrogens is 369 g/mol. The van der Waals surface area contributed by atoms with E-state index < -0.39 is 11.9 Å². The SMILES string of the molecule is CCn1cc(NC(=O)c2ccc(COc3ccc(F)cc3)o2)c(C(=O)OC)n1. The molecule has 0 fully saturated rings. The summed E-state index contributed by atoms with van der Waals surface area (Å²) >= 11 is 0. The standard InChI is InChI=1S/C19H18FN3O5/c1-3-23-10-15(17(22-23)19(25)26-2)21-18(24)16-9-8-14(28-16)11-27-13-6-4-12(20)5-7-13/h4-10H,3,11H2,1-2H3,(H,21,24). The lowest BCUT2D eigenvalue weighted by molar-refractivity contribution is 0.0594. The van der Waals surface area contributed by atoms with Gasteiger partial charge in [-0.05, 0) is 43.3 Å². The molecule has 1 aromatic carbocycles. The van der Waals surface area contributed by atoms with Crippen LogP contribution in [0, 0.1) is 5.82 Å². The molecule has 0 saturated carbocycles. The molecule has 9 heteroatoms. The molecule has 0 aliphatic heterocycles. The second-order valence-electron chi connectivity index (χ2n) is 5.70. The molecule has 1 amide bonds. The van der Waals surface area contributed by atoms with E-state index in [0.29, 0.717) is 18.1 Å². The van der Waals surface area contributed by atoms with Crippen LogP contribution in [-0.2, 0) is 17.9 Å². The smallest absolute Gasteiger partial charge is 0.360 e. The first-order valence-electron chi connectivity index (χ1n) is 8.44. The first-order chi connectivity index (χ1) is 13.5. The minimum atomic E-state index is -0.657. The molecule has 2 aromatic heterocycles. The number of aromatic nitrogens is 2. The molecule has 8 nitrogen and oxygen atoms in total. The van der Waals surface area contributed by atoms with Gasteiger partial charge in [0.2, 0.25) is 0 Å². The van der Waals surface area contributed by atoms with Crippen molar-refractivity contribution in [3.8, 4) is 5.75 Å². The lowest BCUT2D eigenvalue weighted by Gasteiger charge is -2.04. The summed E-state index contributed by atoms with van der Waals surface area (Å²) in [7, 11) is 1.23. The summed E-state index contributed by atoms with van der Waals surface area (Å²) in [6, 6.07) is 8.63. The number of carbonyl (C=O) groups excluding carboxylic acids is 2. The van der Waals surface area contributed by atoms with Crippen LogP contribution < -0.4 is 10.1 Å². The number of hydrogen-bond donors (Lipinski definition) is 1. The Morgan fingerprint density at radius 3 is 2.64 bits per heavy atom. The highest BCUT2D eigenvalue weighted by Crippen LogP contribution is 2.19. The number of carbonyl (C=O) groups is 2. The van der Waals surface area contributed by atoms with Gasteiger partial charge < -0.3 is 19.2 Å². The van der Waals surface area contributed by atoms with Crippen LogP contribution in [0.3, 0.4) is 0 Å². The molecule has 146 valence electrons. The first kappa shape index (κ1) is 19.2. The number of nitrogens with one attached hydrogen (secondary N) is 1. The summed E-state index contributed by atoms with van der Waals surface area (Å²) in [6.07, 6.45) is 1.53. The molecule has 0 aliphatic rings. The summed E-state index contributed by atoms with van der Waals surface area (Å²) in [5.74, 6) is -0.644. The molecule has 2 heterocycles. The van der Waals surface area contributed by atoms with Gasteiger partial charge in [-0.25, -0.2) is 9.18 Å². The second kappa shape index (κ2) is 8.38. The van der Waals surface area contributed by atoms with Crippen LogP contribution in [0.5, 0.6) is 5.75 Å². The summed E-state index contributed by atoms with van der Waals surface area (Å²) in [4.78, 5) is 24.2. The molecule has 3 rings (SSSR count). The first-order valence-corrected chi connectivity index (χ1v) is 8.44. The van der Waals surface area contributed by atoms with Crippen molar-refractivity contribution < 1.29 is 27.9 Å². The Morgan fingerprint density at radius 2 is 1.96 bits per heavy atom. The summed E-state index contributed by atoms with van der Waals surface area (Å²) < 4.78 is 30.0. The van der Waals surface area contributed by atoms with Crippen LogP contribution in [0.2, 0.25) is 0 Å². The van der Waals surface area contributed by atoms with Gasteiger partial charge >= 0.3 is 5.97 Å². The van der Waals surface area contributed by atoms with Gasteiger partial charge in [0.15, 0.2) is 11.5 Å². The van der Waals surface area contributed by atoms with E-state index in [-0.39, 0.29) is 29.6 Å². The molecular formula is C19H18FN3O5. The highest BCUT2D eigenvalue weighted by atomic mass is 19.1. The Labute approximate surface area is 159 Å². The Morgan fingerprint density at radius 1 is 1.21 bits per heavy atom. The van der Waals surface area contributed by atoms with Gasteiger partial charge in [-0.3, -0.25) is 9.48 Å². The molecule has 0 atom stereocenters. The third-order valence-electron chi connectivity index (χ3n) is 3.79. The second-order valence-corrected chi connectivity index (χ2v) is 5.70. The zero-order valence-corrected chi connectivity index (χ0v) is 15.3. The van der Waals surface area contributed by atoms with E-state index in [1.54, 1.807) is 6.07 Å². The highest BCUT2D eigenvalue weighted by Gasteiger charge is 2.21. The molecule has 3 aromatic rings. The van der Waals surface area contributed by atoms with Crippen LogP contribution in [0.1, 0.15) is 33.7 Å². The van der Waals surface area contributed by atoms with Crippen molar-refractivity contribution in [1.82, 2.24) is 9.78 Å². The molecule has 0 bridgehead atoms. The van der Waals surface area contributed by atoms with Crippen molar-refractivity contribution >= 4 is 17.6 Å². The van der Waals surface area contributed by atoms with E-state index in [1.165, 1.54) is 48.3 Å². The Kier molecular flexibility index (Phi) is 5.73. The number of anilines is 1. The number of hydrogen-bond acceptors (Lipinski definition) is 6. The number of halogens is 1. The average molecular weight is 387 g/mol. The summed E-state index contributed by atoms with van der Waals surface area (Å²) in [5.41, 5.74) is 0.225. The molecule has 0 saturated heterocycles. The van der Waals surface area contributed by atoms with Gasteiger partial charge in [0.25, 0.3) is 5.91 Å². The number of furan rings is 1. The maximum Gasteiger partial charge on any atom is 0.360 e. The van der Waals surface area contributed by atoms with Gasteiger partial charge in [-0.15, -0.1) is 0 Å². The van der Waals surface area contributed by atoms with E-state index in [2.05, 4.69) is 15.2 Å². The molecule has 0 unspecified atom stereocenters. The van der Waals surface area contributed by atoms with Gasteiger partial charge in [0.05, 0.1) is 12.8 Å². The fourth-order valence-corrected chi connectivity index (χ4v) is 2.37. The van der Waals surface area contributed by atoms with E-state index in [1.807, 2.05) is 6.92 Å². The van der Waals surface area contributed by atoms with Crippen LogP contribution in [0.15, 0.2) is 47.0 Å².